The van der Waals surface area contributed by atoms with Crippen molar-refractivity contribution >= 4 is 21.4 Å². The van der Waals surface area contributed by atoms with Gasteiger partial charge in [0, 0.05) is 25.8 Å². The van der Waals surface area contributed by atoms with E-state index in [0.717, 1.165) is 42.8 Å². The normalized spacial score (nSPS) is 14.1. The molecular formula is C24H22F4N2O3S. The van der Waals surface area contributed by atoms with Crippen LogP contribution in [0.4, 0.5) is 28.9 Å². The fraction of sp³-hybridized carbons (Fsp3) is 0.250. The van der Waals surface area contributed by atoms with Crippen LogP contribution in [-0.2, 0) is 16.2 Å². The van der Waals surface area contributed by atoms with Crippen molar-refractivity contribution in [2.75, 3.05) is 23.7 Å². The highest BCUT2D eigenvalue weighted by atomic mass is 32.2. The molecule has 0 atom stereocenters. The number of ether oxygens (including phenoxy) is 1. The minimum Gasteiger partial charge on any atom is -0.490 e. The average molecular weight is 495 g/mol. The maximum atomic E-state index is 14.5. The van der Waals surface area contributed by atoms with Gasteiger partial charge < -0.3 is 9.64 Å². The van der Waals surface area contributed by atoms with Crippen molar-refractivity contribution in [3.05, 3.63) is 72.0 Å². The molecule has 1 aliphatic carbocycles. The van der Waals surface area contributed by atoms with Crippen LogP contribution in [0.2, 0.25) is 0 Å². The first-order valence-electron chi connectivity index (χ1n) is 10.4. The summed E-state index contributed by atoms with van der Waals surface area (Å²) in [5.74, 6) is -0.225. The third-order valence-corrected chi connectivity index (χ3v) is 6.61. The van der Waals surface area contributed by atoms with Gasteiger partial charge in [0.2, 0.25) is 0 Å². The topological polar surface area (TPSA) is 58.6 Å². The number of hydrogen-bond donors (Lipinski definition) is 1. The van der Waals surface area contributed by atoms with E-state index >= 15 is 0 Å². The lowest BCUT2D eigenvalue weighted by Crippen LogP contribution is -2.15. The van der Waals surface area contributed by atoms with Gasteiger partial charge in [-0.15, -0.1) is 0 Å². The minimum atomic E-state index is -4.71. The van der Waals surface area contributed by atoms with Crippen molar-refractivity contribution in [3.8, 4) is 16.9 Å². The van der Waals surface area contributed by atoms with E-state index in [1.807, 2.05) is 31.1 Å². The number of hydrogen-bond acceptors (Lipinski definition) is 4. The van der Waals surface area contributed by atoms with Gasteiger partial charge in [0.15, 0.2) is 0 Å². The van der Waals surface area contributed by atoms with Gasteiger partial charge in [-0.3, -0.25) is 4.72 Å². The summed E-state index contributed by atoms with van der Waals surface area (Å²) in [5, 5.41) is 0. The number of sulfonamides is 1. The number of alkyl halides is 3. The zero-order valence-electron chi connectivity index (χ0n) is 18.4. The zero-order chi connectivity index (χ0) is 24.7. The van der Waals surface area contributed by atoms with Gasteiger partial charge in [0.1, 0.15) is 11.6 Å². The first kappa shape index (κ1) is 23.9. The summed E-state index contributed by atoms with van der Waals surface area (Å²) in [4.78, 5) is 1.26. The maximum absolute atomic E-state index is 14.5. The first-order chi connectivity index (χ1) is 15.9. The maximum Gasteiger partial charge on any atom is 0.416 e. The van der Waals surface area contributed by atoms with E-state index < -0.39 is 32.5 Å². The summed E-state index contributed by atoms with van der Waals surface area (Å²) in [6, 6.07) is 12.7. The standard InChI is InChI=1S/C24H22F4N2O3S/c1-30(2)18-10-16(11-20(14-18)33-19-7-8-19)15-6-9-22(25)23(12-15)29-34(31,32)21-5-3-4-17(13-21)24(26,27)28/h3-6,9-14,19,29H,7-8H2,1-2H3. The Bertz CT molecular complexity index is 1320. The second-order valence-electron chi connectivity index (χ2n) is 8.25. The Morgan fingerprint density at radius 1 is 0.971 bits per heavy atom. The number of halogens is 4. The molecular weight excluding hydrogens is 472 g/mol. The van der Waals surface area contributed by atoms with Crippen LogP contribution in [0.25, 0.3) is 11.1 Å². The molecule has 0 unspecified atom stereocenters. The Morgan fingerprint density at radius 2 is 1.71 bits per heavy atom. The predicted octanol–water partition coefficient (Wildman–Crippen LogP) is 5.92. The molecule has 3 aromatic carbocycles. The van der Waals surface area contributed by atoms with Crippen LogP contribution in [-0.4, -0.2) is 28.6 Å². The SMILES string of the molecule is CN(C)c1cc(OC2CC2)cc(-c2ccc(F)c(NS(=O)(=O)c3cccc(C(F)(F)F)c3)c2)c1. The molecule has 1 aliphatic rings. The molecule has 10 heteroatoms. The number of nitrogens with zero attached hydrogens (tertiary/aromatic N) is 1. The molecule has 0 amide bonds. The van der Waals surface area contributed by atoms with Crippen LogP contribution in [0.1, 0.15) is 18.4 Å². The lowest BCUT2D eigenvalue weighted by Gasteiger charge is -2.17. The monoisotopic (exact) mass is 494 g/mol. The molecule has 0 aliphatic heterocycles. The molecule has 0 spiro atoms. The van der Waals surface area contributed by atoms with E-state index in [-0.39, 0.29) is 11.8 Å². The van der Waals surface area contributed by atoms with Gasteiger partial charge in [-0.25, -0.2) is 12.8 Å². The molecule has 0 heterocycles. The fourth-order valence-electron chi connectivity index (χ4n) is 3.28. The first-order valence-corrected chi connectivity index (χ1v) is 11.9. The molecule has 1 N–H and O–H groups in total. The third kappa shape index (κ3) is 5.44. The molecule has 0 saturated heterocycles. The Morgan fingerprint density at radius 3 is 2.35 bits per heavy atom. The van der Waals surface area contributed by atoms with E-state index in [2.05, 4.69) is 4.72 Å². The summed E-state index contributed by atoms with van der Waals surface area (Å²) >= 11 is 0. The van der Waals surface area contributed by atoms with E-state index in [1.54, 1.807) is 6.07 Å². The molecule has 1 fully saturated rings. The quantitative estimate of drug-likeness (QED) is 0.415. The number of nitrogens with one attached hydrogen (secondary N) is 1. The molecule has 180 valence electrons. The highest BCUT2D eigenvalue weighted by Gasteiger charge is 2.32. The van der Waals surface area contributed by atoms with E-state index in [1.165, 1.54) is 12.1 Å². The van der Waals surface area contributed by atoms with Crippen molar-refractivity contribution in [1.82, 2.24) is 0 Å². The van der Waals surface area contributed by atoms with Gasteiger partial charge in [-0.2, -0.15) is 13.2 Å². The van der Waals surface area contributed by atoms with Crippen LogP contribution >= 0.6 is 0 Å². The van der Waals surface area contributed by atoms with Crippen molar-refractivity contribution in [1.29, 1.82) is 0 Å². The summed E-state index contributed by atoms with van der Waals surface area (Å²) in [5.41, 5.74) is 0.514. The molecule has 0 radical (unpaired) electrons. The van der Waals surface area contributed by atoms with Gasteiger partial charge in [-0.1, -0.05) is 12.1 Å². The van der Waals surface area contributed by atoms with Crippen LogP contribution in [0.3, 0.4) is 0 Å². The number of rotatable bonds is 7. The predicted molar refractivity (Wildman–Crippen MR) is 122 cm³/mol. The molecule has 0 aromatic heterocycles. The van der Waals surface area contributed by atoms with Crippen LogP contribution in [0.15, 0.2) is 65.6 Å². The third-order valence-electron chi connectivity index (χ3n) is 5.25. The largest absolute Gasteiger partial charge is 0.490 e. The molecule has 3 aromatic rings. The second kappa shape index (κ2) is 8.83. The van der Waals surface area contributed by atoms with Gasteiger partial charge in [-0.05, 0) is 66.4 Å². The zero-order valence-corrected chi connectivity index (χ0v) is 19.2. The molecule has 5 nitrogen and oxygen atoms in total. The summed E-state index contributed by atoms with van der Waals surface area (Å²) < 4.78 is 87.0. The molecule has 4 rings (SSSR count). The highest BCUT2D eigenvalue weighted by Crippen LogP contribution is 2.36. The average Bonchev–Trinajstić information content (AvgIpc) is 3.58. The van der Waals surface area contributed by atoms with Crippen molar-refractivity contribution < 1.29 is 30.7 Å². The van der Waals surface area contributed by atoms with Gasteiger partial charge in [0.05, 0.1) is 22.3 Å². The molecule has 1 saturated carbocycles. The van der Waals surface area contributed by atoms with Crippen LogP contribution in [0.5, 0.6) is 5.75 Å². The Labute approximate surface area is 195 Å². The Kier molecular flexibility index (Phi) is 6.20. The lowest BCUT2D eigenvalue weighted by atomic mass is 10.0. The molecule has 0 bridgehead atoms. The van der Waals surface area contributed by atoms with Gasteiger partial charge >= 0.3 is 6.18 Å². The van der Waals surface area contributed by atoms with Crippen molar-refractivity contribution in [3.63, 3.8) is 0 Å². The smallest absolute Gasteiger partial charge is 0.416 e. The summed E-state index contributed by atoms with van der Waals surface area (Å²) in [6.07, 6.45) is -2.61. The number of benzene rings is 3. The van der Waals surface area contributed by atoms with Crippen LogP contribution in [0, 0.1) is 5.82 Å². The number of anilines is 2. The van der Waals surface area contributed by atoms with E-state index in [0.29, 0.717) is 22.9 Å². The fourth-order valence-corrected chi connectivity index (χ4v) is 4.38. The van der Waals surface area contributed by atoms with Crippen molar-refractivity contribution in [2.45, 2.75) is 30.0 Å². The summed E-state index contributed by atoms with van der Waals surface area (Å²) in [7, 11) is -0.757. The summed E-state index contributed by atoms with van der Waals surface area (Å²) in [6.45, 7) is 0. The molecule has 34 heavy (non-hydrogen) atoms. The van der Waals surface area contributed by atoms with Crippen molar-refractivity contribution in [2.24, 2.45) is 0 Å². The second-order valence-corrected chi connectivity index (χ2v) is 9.94. The Hall–Kier alpha value is -3.27. The van der Waals surface area contributed by atoms with E-state index in [4.69, 9.17) is 4.74 Å². The highest BCUT2D eigenvalue weighted by molar-refractivity contribution is 7.92. The van der Waals surface area contributed by atoms with Gasteiger partial charge in [0.25, 0.3) is 10.0 Å². The van der Waals surface area contributed by atoms with Crippen LogP contribution < -0.4 is 14.4 Å². The minimum absolute atomic E-state index is 0.160. The Balaban J connectivity index is 1.69. The lowest BCUT2D eigenvalue weighted by molar-refractivity contribution is -0.137. The van der Waals surface area contributed by atoms with E-state index in [9.17, 15) is 26.0 Å².